The van der Waals surface area contributed by atoms with Crippen LogP contribution in [0, 0.1) is 0 Å². The molecule has 1 aromatic heterocycles. The summed E-state index contributed by atoms with van der Waals surface area (Å²) < 4.78 is 26.4. The molecule has 1 aliphatic carbocycles. The van der Waals surface area contributed by atoms with E-state index in [1.54, 1.807) is 11.2 Å². The lowest BCUT2D eigenvalue weighted by atomic mass is 9.79. The van der Waals surface area contributed by atoms with Crippen molar-refractivity contribution in [2.75, 3.05) is 38.5 Å². The molecule has 6 rings (SSSR count). The van der Waals surface area contributed by atoms with Gasteiger partial charge < -0.3 is 16.0 Å². The number of primary amides is 1. The monoisotopic (exact) mass is 619 g/mol. The first-order chi connectivity index (χ1) is 21.3. The number of carbonyl (C=O) groups excluding carboxylic acids is 1. The highest BCUT2D eigenvalue weighted by Crippen LogP contribution is 2.38. The quantitative estimate of drug-likeness (QED) is 0.268. The molecule has 0 spiro atoms. The highest BCUT2D eigenvalue weighted by molar-refractivity contribution is 7.89. The summed E-state index contributed by atoms with van der Waals surface area (Å²) in [6.07, 6.45) is 14.1. The number of aromatic nitrogens is 1. The standard InChI is InChI=1S/C35H49N5O3S/c1-2-44(42,43)40-18-12-27(13-19-40)32-24-38-33-30(32)21-29(22-31(33)34(36)41)28-11-9-10-26(20-28)23-37-25-35(14-5-3-6-15-35)39-16-7-4-8-17-39/h9-11,20-22,24,27,37-38H,2-8,12-19,23,25H2,1H3,(H2,36,41). The first-order valence-electron chi connectivity index (χ1n) is 16.8. The Kier molecular flexibility index (Phi) is 9.47. The van der Waals surface area contributed by atoms with Crippen LogP contribution in [0.1, 0.15) is 98.5 Å². The van der Waals surface area contributed by atoms with Crippen molar-refractivity contribution in [1.82, 2.24) is 19.5 Å². The van der Waals surface area contributed by atoms with Crippen LogP contribution in [-0.4, -0.2) is 72.5 Å². The van der Waals surface area contributed by atoms with Crippen LogP contribution in [0.2, 0.25) is 0 Å². The zero-order valence-corrected chi connectivity index (χ0v) is 27.1. The SMILES string of the molecule is CCS(=O)(=O)N1CCC(c2c[nH]c3c(C(N)=O)cc(-c4cccc(CNCC5(N6CCCCC6)CCCCC5)c4)cc23)CC1. The van der Waals surface area contributed by atoms with Gasteiger partial charge in [-0.05, 0) is 105 Å². The molecule has 4 N–H and O–H groups in total. The number of fused-ring (bicyclic) bond motifs is 1. The van der Waals surface area contributed by atoms with E-state index in [1.807, 2.05) is 12.3 Å². The number of nitrogens with two attached hydrogens (primary N) is 1. The first-order valence-corrected chi connectivity index (χ1v) is 18.4. The van der Waals surface area contributed by atoms with E-state index in [9.17, 15) is 13.2 Å². The topological polar surface area (TPSA) is 112 Å². The number of nitrogens with one attached hydrogen (secondary N) is 2. The number of hydrogen-bond acceptors (Lipinski definition) is 5. The van der Waals surface area contributed by atoms with E-state index in [0.717, 1.165) is 53.5 Å². The number of benzene rings is 2. The van der Waals surface area contributed by atoms with E-state index in [-0.39, 0.29) is 11.7 Å². The van der Waals surface area contributed by atoms with Crippen LogP contribution < -0.4 is 11.1 Å². The van der Waals surface area contributed by atoms with Crippen molar-refractivity contribution in [2.45, 2.75) is 89.1 Å². The maximum atomic E-state index is 12.6. The number of amides is 1. The van der Waals surface area contributed by atoms with Gasteiger partial charge >= 0.3 is 0 Å². The maximum absolute atomic E-state index is 12.6. The van der Waals surface area contributed by atoms with E-state index < -0.39 is 15.9 Å². The lowest BCUT2D eigenvalue weighted by Gasteiger charge is -2.48. The Hall–Kier alpha value is -2.72. The van der Waals surface area contributed by atoms with Crippen molar-refractivity contribution in [1.29, 1.82) is 0 Å². The average Bonchev–Trinajstić information content (AvgIpc) is 3.49. The molecule has 3 fully saturated rings. The van der Waals surface area contributed by atoms with Crippen molar-refractivity contribution in [3.05, 3.63) is 59.3 Å². The molecule has 44 heavy (non-hydrogen) atoms. The Morgan fingerprint density at radius 1 is 0.977 bits per heavy atom. The summed E-state index contributed by atoms with van der Waals surface area (Å²) in [5.41, 5.74) is 11.8. The van der Waals surface area contributed by atoms with Crippen LogP contribution in [0.15, 0.2) is 42.6 Å². The van der Waals surface area contributed by atoms with Crippen molar-refractivity contribution >= 4 is 26.8 Å². The van der Waals surface area contributed by atoms with E-state index in [2.05, 4.69) is 45.5 Å². The van der Waals surface area contributed by atoms with E-state index >= 15 is 0 Å². The third-order valence-corrected chi connectivity index (χ3v) is 12.5. The minimum absolute atomic E-state index is 0.129. The number of hydrogen-bond donors (Lipinski definition) is 3. The van der Waals surface area contributed by atoms with Gasteiger partial charge in [0.05, 0.1) is 16.8 Å². The fraction of sp³-hybridized carbons (Fsp3) is 0.571. The molecule has 3 heterocycles. The number of nitrogens with zero attached hydrogens (tertiary/aromatic N) is 2. The van der Waals surface area contributed by atoms with Gasteiger partial charge in [0.15, 0.2) is 0 Å². The fourth-order valence-corrected chi connectivity index (χ4v) is 9.19. The largest absolute Gasteiger partial charge is 0.366 e. The van der Waals surface area contributed by atoms with Crippen LogP contribution in [0.5, 0.6) is 0 Å². The molecule has 1 amide bonds. The van der Waals surface area contributed by atoms with Gasteiger partial charge in [-0.1, -0.05) is 43.9 Å². The zero-order chi connectivity index (χ0) is 30.7. The van der Waals surface area contributed by atoms with E-state index in [1.165, 1.54) is 70.0 Å². The highest BCUT2D eigenvalue weighted by Gasteiger charge is 2.38. The maximum Gasteiger partial charge on any atom is 0.250 e. The molecule has 0 unspecified atom stereocenters. The second-order valence-corrected chi connectivity index (χ2v) is 15.5. The number of H-pyrrole nitrogens is 1. The molecule has 8 nitrogen and oxygen atoms in total. The average molecular weight is 620 g/mol. The van der Waals surface area contributed by atoms with Gasteiger partial charge in [-0.2, -0.15) is 0 Å². The van der Waals surface area contributed by atoms with Gasteiger partial charge in [0.1, 0.15) is 0 Å². The number of aromatic amines is 1. The molecule has 238 valence electrons. The molecule has 9 heteroatoms. The summed E-state index contributed by atoms with van der Waals surface area (Å²) >= 11 is 0. The summed E-state index contributed by atoms with van der Waals surface area (Å²) in [4.78, 5) is 18.7. The van der Waals surface area contributed by atoms with Crippen molar-refractivity contribution < 1.29 is 13.2 Å². The molecule has 0 atom stereocenters. The summed E-state index contributed by atoms with van der Waals surface area (Å²) in [5, 5.41) is 4.84. The molecule has 0 bridgehead atoms. The molecule has 2 aromatic carbocycles. The van der Waals surface area contributed by atoms with Crippen LogP contribution in [0.25, 0.3) is 22.0 Å². The number of rotatable bonds is 10. The third kappa shape index (κ3) is 6.48. The van der Waals surface area contributed by atoms with Crippen molar-refractivity contribution in [3.8, 4) is 11.1 Å². The first kappa shape index (κ1) is 31.3. The summed E-state index contributed by atoms with van der Waals surface area (Å²) in [6, 6.07) is 12.7. The molecule has 2 aliphatic heterocycles. The second-order valence-electron chi connectivity index (χ2n) is 13.3. The van der Waals surface area contributed by atoms with Crippen molar-refractivity contribution in [2.24, 2.45) is 5.73 Å². The molecule has 1 saturated carbocycles. The number of piperidine rings is 2. The highest BCUT2D eigenvalue weighted by atomic mass is 32.2. The number of likely N-dealkylation sites (tertiary alicyclic amines) is 1. The smallest absolute Gasteiger partial charge is 0.250 e. The second kappa shape index (κ2) is 13.3. The van der Waals surface area contributed by atoms with Crippen LogP contribution in [-0.2, 0) is 16.6 Å². The van der Waals surface area contributed by atoms with Gasteiger partial charge in [0.25, 0.3) is 5.91 Å². The zero-order valence-electron chi connectivity index (χ0n) is 26.2. The lowest BCUT2D eigenvalue weighted by molar-refractivity contribution is 0.0333. The van der Waals surface area contributed by atoms with Crippen molar-refractivity contribution in [3.63, 3.8) is 0 Å². The van der Waals surface area contributed by atoms with Crippen LogP contribution in [0.3, 0.4) is 0 Å². The van der Waals surface area contributed by atoms with E-state index in [0.29, 0.717) is 24.2 Å². The summed E-state index contributed by atoms with van der Waals surface area (Å²) in [5.74, 6) is -0.114. The molecule has 0 radical (unpaired) electrons. The Morgan fingerprint density at radius 2 is 1.70 bits per heavy atom. The Labute approximate surface area is 262 Å². The lowest BCUT2D eigenvalue weighted by Crippen LogP contribution is -2.57. The predicted molar refractivity (Wildman–Crippen MR) is 178 cm³/mol. The Bertz CT molecular complexity index is 1560. The molecule has 3 aromatic rings. The number of sulfonamides is 1. The molecular weight excluding hydrogens is 570 g/mol. The van der Waals surface area contributed by atoms with Gasteiger partial charge in [-0.3, -0.25) is 9.69 Å². The fourth-order valence-electron chi connectivity index (χ4n) is 8.06. The molecule has 3 aliphatic rings. The molecular formula is C35H49N5O3S. The minimum atomic E-state index is -3.19. The number of carbonyl (C=O) groups is 1. The summed E-state index contributed by atoms with van der Waals surface area (Å²) in [7, 11) is -3.19. The molecule has 2 saturated heterocycles. The van der Waals surface area contributed by atoms with Gasteiger partial charge in [-0.15, -0.1) is 0 Å². The van der Waals surface area contributed by atoms with Crippen LogP contribution >= 0.6 is 0 Å². The predicted octanol–water partition coefficient (Wildman–Crippen LogP) is 5.74. The van der Waals surface area contributed by atoms with E-state index in [4.69, 9.17) is 5.73 Å². The van der Waals surface area contributed by atoms with Crippen LogP contribution in [0.4, 0.5) is 0 Å². The normalized spacial score (nSPS) is 20.7. The summed E-state index contributed by atoms with van der Waals surface area (Å²) in [6.45, 7) is 7.04. The van der Waals surface area contributed by atoms with Gasteiger partial charge in [0.2, 0.25) is 10.0 Å². The third-order valence-electron chi connectivity index (χ3n) is 10.6. The Balaban J connectivity index is 1.21. The van der Waals surface area contributed by atoms with Gasteiger partial charge in [0, 0.05) is 43.3 Å². The van der Waals surface area contributed by atoms with Gasteiger partial charge in [-0.25, -0.2) is 12.7 Å². The minimum Gasteiger partial charge on any atom is -0.366 e. The Morgan fingerprint density at radius 3 is 2.41 bits per heavy atom.